The molecule has 0 saturated carbocycles. The number of carbonyl (C=O) groups is 1. The summed E-state index contributed by atoms with van der Waals surface area (Å²) in [7, 11) is -4.73. The van der Waals surface area contributed by atoms with Crippen LogP contribution in [0.25, 0.3) is 0 Å². The van der Waals surface area contributed by atoms with E-state index >= 15 is 0 Å². The van der Waals surface area contributed by atoms with Crippen molar-refractivity contribution in [2.45, 2.75) is 39.2 Å². The van der Waals surface area contributed by atoms with Crippen LogP contribution in [0, 0.1) is 18.7 Å². The zero-order chi connectivity index (χ0) is 22.8. The van der Waals surface area contributed by atoms with Gasteiger partial charge in [0.1, 0.15) is 11.4 Å². The van der Waals surface area contributed by atoms with Gasteiger partial charge in [0, 0.05) is 24.8 Å². The molecule has 9 heteroatoms. The van der Waals surface area contributed by atoms with E-state index in [1.54, 1.807) is 12.1 Å². The van der Waals surface area contributed by atoms with Crippen LogP contribution >= 0.6 is 7.82 Å². The number of rotatable bonds is 7. The fraction of sp³-hybridized carbons (Fsp3) is 0.364. The lowest BCUT2D eigenvalue weighted by Crippen LogP contribution is -2.49. The van der Waals surface area contributed by atoms with Gasteiger partial charge in [-0.25, -0.2) is 14.0 Å². The van der Waals surface area contributed by atoms with Crippen molar-refractivity contribution in [3.63, 3.8) is 0 Å². The third-order valence-electron chi connectivity index (χ3n) is 5.65. The van der Waals surface area contributed by atoms with Crippen LogP contribution in [0.3, 0.4) is 0 Å². The van der Waals surface area contributed by atoms with Crippen molar-refractivity contribution in [2.24, 2.45) is 11.0 Å². The van der Waals surface area contributed by atoms with Gasteiger partial charge in [0.2, 0.25) is 5.91 Å². The molecule has 1 heterocycles. The van der Waals surface area contributed by atoms with E-state index < -0.39 is 25.1 Å². The van der Waals surface area contributed by atoms with Crippen LogP contribution in [-0.2, 0) is 19.4 Å². The maximum atomic E-state index is 14.7. The Bertz CT molecular complexity index is 1040. The fourth-order valence-electron chi connectivity index (χ4n) is 4.22. The molecule has 7 nitrogen and oxygen atoms in total. The Balaban J connectivity index is 2.16. The zero-order valence-corrected chi connectivity index (χ0v) is 18.6. The molecule has 1 amide bonds. The minimum Gasteiger partial charge on any atom is -0.303 e. The molecular formula is C22H26FN2O5P. The number of hydrogen-bond acceptors (Lipinski definition) is 4. The quantitative estimate of drug-likeness (QED) is 0.621. The van der Waals surface area contributed by atoms with Gasteiger partial charge in [-0.3, -0.25) is 9.32 Å². The van der Waals surface area contributed by atoms with Gasteiger partial charge >= 0.3 is 7.82 Å². The molecule has 2 N–H and O–H groups in total. The van der Waals surface area contributed by atoms with Gasteiger partial charge in [-0.1, -0.05) is 48.9 Å². The molecule has 0 bridgehead atoms. The summed E-state index contributed by atoms with van der Waals surface area (Å²) in [5.41, 5.74) is 1.20. The highest BCUT2D eigenvalue weighted by Crippen LogP contribution is 2.48. The summed E-state index contributed by atoms with van der Waals surface area (Å²) >= 11 is 0. The summed E-state index contributed by atoms with van der Waals surface area (Å²) in [5.74, 6) is -1.32. The molecular weight excluding hydrogens is 422 g/mol. The Morgan fingerprint density at radius 1 is 1.29 bits per heavy atom. The van der Waals surface area contributed by atoms with Crippen molar-refractivity contribution >= 4 is 19.4 Å². The molecule has 0 fully saturated rings. The van der Waals surface area contributed by atoms with Crippen LogP contribution in [0.4, 0.5) is 4.39 Å². The van der Waals surface area contributed by atoms with Crippen molar-refractivity contribution < 1.29 is 28.1 Å². The molecule has 0 aromatic heterocycles. The minimum atomic E-state index is -4.73. The summed E-state index contributed by atoms with van der Waals surface area (Å²) in [6.45, 7) is 4.77. The second kappa shape index (κ2) is 9.01. The Morgan fingerprint density at radius 2 is 1.97 bits per heavy atom. The number of aryl methyl sites for hydroxylation is 1. The number of amides is 1. The maximum Gasteiger partial charge on any atom is 0.469 e. The van der Waals surface area contributed by atoms with Gasteiger partial charge in [-0.2, -0.15) is 5.10 Å². The molecule has 0 saturated heterocycles. The predicted octanol–water partition coefficient (Wildman–Crippen LogP) is 4.12. The number of benzene rings is 2. The Morgan fingerprint density at radius 3 is 2.55 bits per heavy atom. The maximum absolute atomic E-state index is 14.7. The van der Waals surface area contributed by atoms with Crippen molar-refractivity contribution in [2.75, 3.05) is 6.61 Å². The van der Waals surface area contributed by atoms with Crippen molar-refractivity contribution in [1.29, 1.82) is 0 Å². The van der Waals surface area contributed by atoms with Crippen LogP contribution in [0.2, 0.25) is 0 Å². The number of halogens is 1. The molecule has 2 aromatic carbocycles. The largest absolute Gasteiger partial charge is 0.469 e. The average molecular weight is 448 g/mol. The molecule has 1 aliphatic heterocycles. The number of carbonyl (C=O) groups excluding carboxylic acids is 1. The van der Waals surface area contributed by atoms with E-state index in [1.807, 2.05) is 44.2 Å². The monoisotopic (exact) mass is 448 g/mol. The SMILES string of the molecule is CCC(COP(=O)(O)O)[C@@]1(c2ccccc2)CC(c2cc(C)ccc2F)=NN1C(C)=O. The molecule has 0 radical (unpaired) electrons. The fourth-order valence-corrected chi connectivity index (χ4v) is 4.59. The third-order valence-corrected chi connectivity index (χ3v) is 6.14. The van der Waals surface area contributed by atoms with Crippen LogP contribution in [0.5, 0.6) is 0 Å². The van der Waals surface area contributed by atoms with Gasteiger partial charge in [-0.05, 0) is 31.0 Å². The van der Waals surface area contributed by atoms with Crippen molar-refractivity contribution in [3.05, 3.63) is 71.0 Å². The normalized spacial score (nSPS) is 19.9. The summed E-state index contributed by atoms with van der Waals surface area (Å²) in [5, 5.41) is 5.83. The first-order chi connectivity index (χ1) is 14.6. The van der Waals surface area contributed by atoms with Crippen LogP contribution < -0.4 is 0 Å². The van der Waals surface area contributed by atoms with Gasteiger partial charge < -0.3 is 9.79 Å². The lowest BCUT2D eigenvalue weighted by molar-refractivity contribution is -0.138. The second-order valence-corrected chi connectivity index (χ2v) is 8.96. The molecule has 0 aliphatic carbocycles. The van der Waals surface area contributed by atoms with E-state index in [0.717, 1.165) is 11.1 Å². The van der Waals surface area contributed by atoms with Crippen LogP contribution in [-0.4, -0.2) is 33.0 Å². The van der Waals surface area contributed by atoms with E-state index in [-0.39, 0.29) is 18.9 Å². The lowest BCUT2D eigenvalue weighted by Gasteiger charge is -2.42. The van der Waals surface area contributed by atoms with E-state index in [0.29, 0.717) is 17.7 Å². The van der Waals surface area contributed by atoms with Gasteiger partial charge in [0.15, 0.2) is 0 Å². The Hall–Kier alpha value is -2.38. The predicted molar refractivity (Wildman–Crippen MR) is 115 cm³/mol. The number of phosphoric ester groups is 1. The number of phosphoric acid groups is 1. The molecule has 31 heavy (non-hydrogen) atoms. The van der Waals surface area contributed by atoms with E-state index in [2.05, 4.69) is 5.10 Å². The number of hydrogen-bond donors (Lipinski definition) is 2. The highest BCUT2D eigenvalue weighted by atomic mass is 31.2. The minimum absolute atomic E-state index is 0.181. The van der Waals surface area contributed by atoms with Gasteiger partial charge in [0.25, 0.3) is 0 Å². The Kier molecular flexibility index (Phi) is 6.76. The first-order valence-corrected chi connectivity index (χ1v) is 11.5. The Labute approximate surface area is 180 Å². The molecule has 1 aliphatic rings. The summed E-state index contributed by atoms with van der Waals surface area (Å²) in [6, 6.07) is 13.8. The van der Waals surface area contributed by atoms with E-state index in [4.69, 9.17) is 4.52 Å². The summed E-state index contributed by atoms with van der Waals surface area (Å²) < 4.78 is 30.9. The van der Waals surface area contributed by atoms with Gasteiger partial charge in [-0.15, -0.1) is 0 Å². The summed E-state index contributed by atoms with van der Waals surface area (Å²) in [4.78, 5) is 31.2. The molecule has 3 rings (SSSR count). The zero-order valence-electron chi connectivity index (χ0n) is 17.7. The topological polar surface area (TPSA) is 99.4 Å². The van der Waals surface area contributed by atoms with Crippen LogP contribution in [0.15, 0.2) is 53.6 Å². The van der Waals surface area contributed by atoms with Crippen molar-refractivity contribution in [3.8, 4) is 0 Å². The molecule has 2 atom stereocenters. The summed E-state index contributed by atoms with van der Waals surface area (Å²) in [6.07, 6.45) is 0.623. The second-order valence-electron chi connectivity index (χ2n) is 7.72. The highest BCUT2D eigenvalue weighted by molar-refractivity contribution is 7.46. The molecule has 0 spiro atoms. The third kappa shape index (κ3) is 4.77. The first-order valence-electron chi connectivity index (χ1n) is 9.99. The van der Waals surface area contributed by atoms with Gasteiger partial charge in [0.05, 0.1) is 12.3 Å². The smallest absolute Gasteiger partial charge is 0.303 e. The number of hydrazone groups is 1. The molecule has 1 unspecified atom stereocenters. The number of nitrogens with zero attached hydrogens (tertiary/aromatic N) is 2. The van der Waals surface area contributed by atoms with Crippen LogP contribution in [0.1, 0.15) is 43.4 Å². The van der Waals surface area contributed by atoms with E-state index in [9.17, 15) is 23.5 Å². The van der Waals surface area contributed by atoms with E-state index in [1.165, 1.54) is 18.0 Å². The highest BCUT2D eigenvalue weighted by Gasteiger charge is 2.52. The molecule has 2 aromatic rings. The molecule has 166 valence electrons. The van der Waals surface area contributed by atoms with Crippen molar-refractivity contribution in [1.82, 2.24) is 5.01 Å². The standard InChI is InChI=1S/C22H26FN2O5P/c1-4-17(14-30-31(27,28)29)22(18-8-6-5-7-9-18)13-21(24-25(22)16(3)26)19-12-15(2)10-11-20(19)23/h5-12,17H,4,13-14H2,1-3H3,(H2,27,28,29)/t17?,22-/m1/s1. The average Bonchev–Trinajstić information content (AvgIpc) is 3.12. The lowest BCUT2D eigenvalue weighted by atomic mass is 9.73. The first kappa shape index (κ1) is 23.3.